The third kappa shape index (κ3) is 2.24. The van der Waals surface area contributed by atoms with Crippen molar-refractivity contribution in [3.8, 4) is 0 Å². The number of aromatic nitrogens is 2. The molecular formula is C11H18N2O3. The molecule has 0 saturated heterocycles. The molecule has 5 heteroatoms. The smallest absolute Gasteiger partial charge is 0.353 e. The quantitative estimate of drug-likeness (QED) is 0.779. The maximum Gasteiger partial charge on any atom is 0.353 e. The van der Waals surface area contributed by atoms with Crippen LogP contribution < -0.4 is 0 Å². The second-order valence-corrected chi connectivity index (χ2v) is 3.59. The number of ether oxygens (including phenoxy) is 1. The highest BCUT2D eigenvalue weighted by Crippen LogP contribution is 2.30. The number of nitrogens with zero attached hydrogens (tertiary/aromatic N) is 1. The summed E-state index contributed by atoms with van der Waals surface area (Å²) in [5, 5.41) is 8.83. The van der Waals surface area contributed by atoms with Gasteiger partial charge in [0.05, 0.1) is 6.20 Å². The second-order valence-electron chi connectivity index (χ2n) is 3.59. The summed E-state index contributed by atoms with van der Waals surface area (Å²) in [6.45, 7) is 6.50. The summed E-state index contributed by atoms with van der Waals surface area (Å²) in [7, 11) is 0. The van der Waals surface area contributed by atoms with Crippen molar-refractivity contribution in [3.63, 3.8) is 0 Å². The van der Waals surface area contributed by atoms with Crippen LogP contribution >= 0.6 is 0 Å². The zero-order valence-electron chi connectivity index (χ0n) is 9.91. The predicted molar refractivity (Wildman–Crippen MR) is 59.4 cm³/mol. The average molecular weight is 226 g/mol. The number of H-pyrrole nitrogens is 1. The first-order valence-electron chi connectivity index (χ1n) is 5.52. The fourth-order valence-corrected chi connectivity index (χ4v) is 1.80. The van der Waals surface area contributed by atoms with Crippen molar-refractivity contribution in [2.75, 3.05) is 6.61 Å². The van der Waals surface area contributed by atoms with E-state index in [4.69, 9.17) is 9.84 Å². The Balaban J connectivity index is 3.05. The monoisotopic (exact) mass is 226 g/mol. The number of rotatable bonds is 6. The molecule has 1 rings (SSSR count). The SMILES string of the molecule is CCOC(CC)(CC)c1ncc(C(=O)O)[nH]1. The van der Waals surface area contributed by atoms with E-state index in [1.807, 2.05) is 20.8 Å². The molecule has 0 aliphatic rings. The fraction of sp³-hybridized carbons (Fsp3) is 0.636. The lowest BCUT2D eigenvalue weighted by Gasteiger charge is -2.29. The van der Waals surface area contributed by atoms with Gasteiger partial charge in [-0.05, 0) is 19.8 Å². The topological polar surface area (TPSA) is 75.2 Å². The van der Waals surface area contributed by atoms with Crippen LogP contribution in [0.3, 0.4) is 0 Å². The lowest BCUT2D eigenvalue weighted by atomic mass is 9.96. The summed E-state index contributed by atoms with van der Waals surface area (Å²) in [5.74, 6) is -0.409. The van der Waals surface area contributed by atoms with Gasteiger partial charge >= 0.3 is 5.97 Å². The molecule has 0 bridgehead atoms. The first kappa shape index (κ1) is 12.7. The van der Waals surface area contributed by atoms with Gasteiger partial charge in [0.1, 0.15) is 17.1 Å². The van der Waals surface area contributed by atoms with Gasteiger partial charge in [-0.3, -0.25) is 0 Å². The van der Waals surface area contributed by atoms with Gasteiger partial charge in [-0.15, -0.1) is 0 Å². The van der Waals surface area contributed by atoms with E-state index in [-0.39, 0.29) is 5.69 Å². The highest BCUT2D eigenvalue weighted by Gasteiger charge is 2.32. The van der Waals surface area contributed by atoms with E-state index in [1.54, 1.807) is 0 Å². The fourth-order valence-electron chi connectivity index (χ4n) is 1.80. The van der Waals surface area contributed by atoms with Crippen LogP contribution in [0.25, 0.3) is 0 Å². The van der Waals surface area contributed by atoms with Crippen molar-refractivity contribution in [2.24, 2.45) is 0 Å². The summed E-state index contributed by atoms with van der Waals surface area (Å²) in [6, 6.07) is 0. The van der Waals surface area contributed by atoms with Crippen molar-refractivity contribution in [2.45, 2.75) is 39.2 Å². The lowest BCUT2D eigenvalue weighted by molar-refractivity contribution is -0.0566. The molecule has 90 valence electrons. The number of carboxylic acids is 1. The highest BCUT2D eigenvalue weighted by atomic mass is 16.5. The lowest BCUT2D eigenvalue weighted by Crippen LogP contribution is -2.29. The summed E-state index contributed by atoms with van der Waals surface area (Å²) in [5.41, 5.74) is -0.399. The molecule has 16 heavy (non-hydrogen) atoms. The van der Waals surface area contributed by atoms with Crippen molar-refractivity contribution in [3.05, 3.63) is 17.7 Å². The second kappa shape index (κ2) is 5.12. The minimum absolute atomic E-state index is 0.0981. The Morgan fingerprint density at radius 3 is 2.50 bits per heavy atom. The molecule has 0 atom stereocenters. The van der Waals surface area contributed by atoms with E-state index in [1.165, 1.54) is 6.20 Å². The van der Waals surface area contributed by atoms with Gasteiger partial charge in [0, 0.05) is 6.61 Å². The molecule has 2 N–H and O–H groups in total. The Kier molecular flexibility index (Phi) is 4.06. The molecule has 0 fully saturated rings. The molecular weight excluding hydrogens is 208 g/mol. The number of carboxylic acid groups (broad SMARTS) is 1. The van der Waals surface area contributed by atoms with E-state index >= 15 is 0 Å². The standard InChI is InChI=1S/C11H18N2O3/c1-4-11(5-2,16-6-3)10-12-7-8(13-10)9(14)15/h7H,4-6H2,1-3H3,(H,12,13)(H,14,15). The summed E-state index contributed by atoms with van der Waals surface area (Å²) >= 11 is 0. The zero-order chi connectivity index (χ0) is 12.2. The van der Waals surface area contributed by atoms with Crippen LogP contribution in [0.2, 0.25) is 0 Å². The van der Waals surface area contributed by atoms with Crippen LogP contribution in [-0.4, -0.2) is 27.7 Å². The van der Waals surface area contributed by atoms with Crippen LogP contribution in [-0.2, 0) is 10.3 Å². The van der Waals surface area contributed by atoms with Crippen molar-refractivity contribution >= 4 is 5.97 Å². The first-order valence-corrected chi connectivity index (χ1v) is 5.52. The van der Waals surface area contributed by atoms with Crippen LogP contribution in [0, 0.1) is 0 Å². The van der Waals surface area contributed by atoms with Gasteiger partial charge in [0.15, 0.2) is 0 Å². The van der Waals surface area contributed by atoms with Gasteiger partial charge in [-0.25, -0.2) is 9.78 Å². The number of aromatic carboxylic acids is 1. The van der Waals surface area contributed by atoms with Gasteiger partial charge in [0.25, 0.3) is 0 Å². The van der Waals surface area contributed by atoms with Gasteiger partial charge in [-0.2, -0.15) is 0 Å². The van der Waals surface area contributed by atoms with E-state index in [2.05, 4.69) is 9.97 Å². The molecule has 1 heterocycles. The summed E-state index contributed by atoms with van der Waals surface area (Å²) < 4.78 is 5.72. The molecule has 0 aromatic carbocycles. The minimum atomic E-state index is -1.00. The molecule has 0 unspecified atom stereocenters. The molecule has 0 radical (unpaired) electrons. The van der Waals surface area contributed by atoms with Crippen molar-refractivity contribution < 1.29 is 14.6 Å². The molecule has 0 saturated carbocycles. The third-order valence-electron chi connectivity index (χ3n) is 2.80. The third-order valence-corrected chi connectivity index (χ3v) is 2.80. The van der Waals surface area contributed by atoms with Crippen molar-refractivity contribution in [1.29, 1.82) is 0 Å². The molecule has 0 spiro atoms. The molecule has 1 aromatic rings. The van der Waals surface area contributed by atoms with Crippen molar-refractivity contribution in [1.82, 2.24) is 9.97 Å². The maximum atomic E-state index is 10.8. The molecule has 0 amide bonds. The van der Waals surface area contributed by atoms with Crippen LogP contribution in [0.1, 0.15) is 49.9 Å². The maximum absolute atomic E-state index is 10.8. The van der Waals surface area contributed by atoms with E-state index in [0.29, 0.717) is 12.4 Å². The number of hydrogen-bond acceptors (Lipinski definition) is 3. The first-order chi connectivity index (χ1) is 7.59. The predicted octanol–water partition coefficient (Wildman–Crippen LogP) is 2.16. The zero-order valence-corrected chi connectivity index (χ0v) is 9.91. The normalized spacial score (nSPS) is 11.7. The van der Waals surface area contributed by atoms with Gasteiger partial charge in [-0.1, -0.05) is 13.8 Å². The Labute approximate surface area is 94.8 Å². The number of imidazole rings is 1. The average Bonchev–Trinajstić information content (AvgIpc) is 2.76. The summed E-state index contributed by atoms with van der Waals surface area (Å²) in [6.07, 6.45) is 2.84. The highest BCUT2D eigenvalue weighted by molar-refractivity contribution is 5.85. The summed E-state index contributed by atoms with van der Waals surface area (Å²) in [4.78, 5) is 17.7. The van der Waals surface area contributed by atoms with E-state index < -0.39 is 11.6 Å². The van der Waals surface area contributed by atoms with E-state index in [9.17, 15) is 4.79 Å². The van der Waals surface area contributed by atoms with Crippen LogP contribution in [0.15, 0.2) is 6.20 Å². The number of hydrogen-bond donors (Lipinski definition) is 2. The van der Waals surface area contributed by atoms with E-state index in [0.717, 1.165) is 12.8 Å². The Morgan fingerprint density at radius 1 is 1.50 bits per heavy atom. The molecule has 0 aliphatic heterocycles. The van der Waals surface area contributed by atoms with Gasteiger partial charge < -0.3 is 14.8 Å². The molecule has 0 aliphatic carbocycles. The Bertz CT molecular complexity index is 356. The Morgan fingerprint density at radius 2 is 2.12 bits per heavy atom. The molecule has 1 aromatic heterocycles. The number of aromatic amines is 1. The molecule has 5 nitrogen and oxygen atoms in total. The Hall–Kier alpha value is -1.36. The van der Waals surface area contributed by atoms with Crippen LogP contribution in [0.5, 0.6) is 0 Å². The van der Waals surface area contributed by atoms with Crippen LogP contribution in [0.4, 0.5) is 0 Å². The largest absolute Gasteiger partial charge is 0.477 e. The van der Waals surface area contributed by atoms with Gasteiger partial charge in [0.2, 0.25) is 0 Å². The minimum Gasteiger partial charge on any atom is -0.477 e. The number of carbonyl (C=O) groups is 1. The number of nitrogens with one attached hydrogen (secondary N) is 1.